The fraction of sp³-hybridized carbons (Fsp3) is 0.533. The molecule has 2 aromatic heterocycles. The number of amides is 1. The molecular weight excluding hydrogens is 300 g/mol. The largest absolute Gasteiger partial charge is 0.385 e. The Morgan fingerprint density at radius 2 is 2.36 bits per heavy atom. The summed E-state index contributed by atoms with van der Waals surface area (Å²) in [5, 5.41) is 12.4. The molecule has 3 heterocycles. The van der Waals surface area contributed by atoms with Crippen LogP contribution in [0.4, 0.5) is 0 Å². The molecule has 1 N–H and O–H groups in total. The van der Waals surface area contributed by atoms with Crippen LogP contribution in [-0.2, 0) is 7.05 Å². The smallest absolute Gasteiger partial charge is 0.256 e. The van der Waals surface area contributed by atoms with Gasteiger partial charge in [0.05, 0.1) is 11.3 Å². The van der Waals surface area contributed by atoms with Gasteiger partial charge < -0.3 is 14.6 Å². The Labute approximate surface area is 133 Å². The van der Waals surface area contributed by atoms with Crippen molar-refractivity contribution in [2.75, 3.05) is 13.1 Å². The molecule has 0 aromatic carbocycles. The summed E-state index contributed by atoms with van der Waals surface area (Å²) >= 11 is 1.31. The maximum Gasteiger partial charge on any atom is 0.256 e. The van der Waals surface area contributed by atoms with Crippen LogP contribution in [0.2, 0.25) is 0 Å². The molecule has 0 radical (unpaired) electrons. The van der Waals surface area contributed by atoms with Gasteiger partial charge in [-0.05, 0) is 31.3 Å². The maximum absolute atomic E-state index is 12.6. The van der Waals surface area contributed by atoms with Crippen molar-refractivity contribution in [3.63, 3.8) is 0 Å². The second kappa shape index (κ2) is 6.18. The first kappa shape index (κ1) is 15.2. The first-order valence-electron chi connectivity index (χ1n) is 7.43. The molecule has 2 aromatic rings. The lowest BCUT2D eigenvalue weighted by Gasteiger charge is -2.34. The summed E-state index contributed by atoms with van der Waals surface area (Å²) in [5.41, 5.74) is 1.46. The second-order valence-electron chi connectivity index (χ2n) is 5.81. The molecule has 0 spiro atoms. The minimum Gasteiger partial charge on any atom is -0.385 e. The third kappa shape index (κ3) is 2.78. The molecule has 1 fully saturated rings. The molecular formula is C15H20N4O2S. The number of aliphatic hydroxyl groups is 1. The molecule has 1 amide bonds. The molecule has 1 saturated heterocycles. The minimum atomic E-state index is -0.641. The van der Waals surface area contributed by atoms with Gasteiger partial charge in [-0.3, -0.25) is 4.79 Å². The van der Waals surface area contributed by atoms with Crippen LogP contribution in [0, 0.1) is 12.8 Å². The van der Waals surface area contributed by atoms with E-state index < -0.39 is 6.10 Å². The number of aliphatic hydroxyl groups excluding tert-OH is 1. The van der Waals surface area contributed by atoms with E-state index in [1.54, 1.807) is 11.6 Å². The normalized spacial score (nSPS) is 20.1. The number of likely N-dealkylation sites (tertiary alicyclic amines) is 1. The summed E-state index contributed by atoms with van der Waals surface area (Å²) in [5.74, 6) is 0.696. The zero-order valence-corrected chi connectivity index (χ0v) is 13.6. The SMILES string of the molecule is Cc1nscc1C(=O)N1CCCC(C(O)c2nccn2C)C1. The Balaban J connectivity index is 1.73. The lowest BCUT2D eigenvalue weighted by atomic mass is 9.91. The number of hydrogen-bond donors (Lipinski definition) is 1. The lowest BCUT2D eigenvalue weighted by Crippen LogP contribution is -2.42. The summed E-state index contributed by atoms with van der Waals surface area (Å²) in [4.78, 5) is 18.6. The van der Waals surface area contributed by atoms with E-state index in [1.807, 2.05) is 29.6 Å². The number of imidazole rings is 1. The molecule has 2 atom stereocenters. The van der Waals surface area contributed by atoms with Crippen molar-refractivity contribution >= 4 is 17.4 Å². The number of carbonyl (C=O) groups excluding carboxylic acids is 1. The maximum atomic E-state index is 12.6. The molecule has 1 aliphatic rings. The van der Waals surface area contributed by atoms with Crippen LogP contribution in [0.15, 0.2) is 17.8 Å². The van der Waals surface area contributed by atoms with Gasteiger partial charge in [-0.2, -0.15) is 4.37 Å². The average Bonchev–Trinajstić information content (AvgIpc) is 3.14. The molecule has 7 heteroatoms. The quantitative estimate of drug-likeness (QED) is 0.935. The molecule has 1 aliphatic heterocycles. The summed E-state index contributed by atoms with van der Waals surface area (Å²) in [6, 6.07) is 0. The topological polar surface area (TPSA) is 71.2 Å². The molecule has 0 aliphatic carbocycles. The summed E-state index contributed by atoms with van der Waals surface area (Å²) in [7, 11) is 1.87. The van der Waals surface area contributed by atoms with Crippen molar-refractivity contribution in [1.29, 1.82) is 0 Å². The van der Waals surface area contributed by atoms with Crippen LogP contribution in [0.3, 0.4) is 0 Å². The second-order valence-corrected chi connectivity index (χ2v) is 6.44. The predicted molar refractivity (Wildman–Crippen MR) is 83.6 cm³/mol. The number of aryl methyl sites for hydroxylation is 2. The van der Waals surface area contributed by atoms with Crippen molar-refractivity contribution in [3.8, 4) is 0 Å². The Bertz CT molecular complexity index is 666. The standard InChI is InChI=1S/C15H20N4O2S/c1-10-12(9-22-17-10)15(21)19-6-3-4-11(8-19)13(20)14-16-5-7-18(14)2/h5,7,9,11,13,20H,3-4,6,8H2,1-2H3. The van der Waals surface area contributed by atoms with Crippen LogP contribution in [0.5, 0.6) is 0 Å². The number of rotatable bonds is 3. The third-order valence-electron chi connectivity index (χ3n) is 4.29. The minimum absolute atomic E-state index is 0.0167. The van der Waals surface area contributed by atoms with Crippen LogP contribution in [0.25, 0.3) is 0 Å². The first-order valence-corrected chi connectivity index (χ1v) is 8.27. The van der Waals surface area contributed by atoms with Crippen molar-refractivity contribution in [3.05, 3.63) is 34.9 Å². The number of carbonyl (C=O) groups is 1. The fourth-order valence-electron chi connectivity index (χ4n) is 2.99. The van der Waals surface area contributed by atoms with Crippen molar-refractivity contribution in [1.82, 2.24) is 18.8 Å². The summed E-state index contributed by atoms with van der Waals surface area (Å²) in [6.07, 6.45) is 4.67. The molecule has 6 nitrogen and oxygen atoms in total. The predicted octanol–water partition coefficient (Wildman–Crippen LogP) is 1.77. The Morgan fingerprint density at radius 1 is 1.55 bits per heavy atom. The zero-order valence-electron chi connectivity index (χ0n) is 12.8. The number of aromatic nitrogens is 3. The van der Waals surface area contributed by atoms with E-state index in [4.69, 9.17) is 0 Å². The highest BCUT2D eigenvalue weighted by Gasteiger charge is 2.32. The molecule has 0 saturated carbocycles. The van der Waals surface area contributed by atoms with E-state index in [0.29, 0.717) is 17.9 Å². The van der Waals surface area contributed by atoms with E-state index in [2.05, 4.69) is 9.36 Å². The van der Waals surface area contributed by atoms with Gasteiger partial charge in [0.15, 0.2) is 0 Å². The molecule has 2 unspecified atom stereocenters. The number of nitrogens with zero attached hydrogens (tertiary/aromatic N) is 4. The van der Waals surface area contributed by atoms with E-state index in [1.165, 1.54) is 11.5 Å². The van der Waals surface area contributed by atoms with Gasteiger partial charge in [-0.15, -0.1) is 0 Å². The molecule has 118 valence electrons. The van der Waals surface area contributed by atoms with Gasteiger partial charge in [-0.1, -0.05) is 0 Å². The molecule has 3 rings (SSSR count). The Hall–Kier alpha value is -1.73. The van der Waals surface area contributed by atoms with E-state index in [0.717, 1.165) is 25.1 Å². The van der Waals surface area contributed by atoms with Crippen LogP contribution in [-0.4, -0.2) is 42.9 Å². The van der Waals surface area contributed by atoms with Gasteiger partial charge in [0.1, 0.15) is 11.9 Å². The Morgan fingerprint density at radius 3 is 3.00 bits per heavy atom. The van der Waals surface area contributed by atoms with E-state index in [-0.39, 0.29) is 11.8 Å². The van der Waals surface area contributed by atoms with Crippen molar-refractivity contribution < 1.29 is 9.90 Å². The van der Waals surface area contributed by atoms with Crippen molar-refractivity contribution in [2.45, 2.75) is 25.9 Å². The first-order chi connectivity index (χ1) is 10.6. The highest BCUT2D eigenvalue weighted by Crippen LogP contribution is 2.29. The van der Waals surface area contributed by atoms with E-state index in [9.17, 15) is 9.90 Å². The van der Waals surface area contributed by atoms with E-state index >= 15 is 0 Å². The van der Waals surface area contributed by atoms with Gasteiger partial charge in [0.2, 0.25) is 0 Å². The molecule has 0 bridgehead atoms. The van der Waals surface area contributed by atoms with Crippen LogP contribution in [0.1, 0.15) is 40.8 Å². The third-order valence-corrected chi connectivity index (χ3v) is 5.02. The number of hydrogen-bond acceptors (Lipinski definition) is 5. The van der Waals surface area contributed by atoms with Crippen molar-refractivity contribution in [2.24, 2.45) is 13.0 Å². The van der Waals surface area contributed by atoms with Gasteiger partial charge in [0.25, 0.3) is 5.91 Å². The highest BCUT2D eigenvalue weighted by atomic mass is 32.1. The highest BCUT2D eigenvalue weighted by molar-refractivity contribution is 7.03. The average molecular weight is 320 g/mol. The van der Waals surface area contributed by atoms with Gasteiger partial charge >= 0.3 is 0 Å². The zero-order chi connectivity index (χ0) is 15.7. The summed E-state index contributed by atoms with van der Waals surface area (Å²) in [6.45, 7) is 3.15. The monoisotopic (exact) mass is 320 g/mol. The van der Waals surface area contributed by atoms with Gasteiger partial charge in [-0.25, -0.2) is 4.98 Å². The van der Waals surface area contributed by atoms with Gasteiger partial charge in [0, 0.05) is 43.8 Å². The Kier molecular flexibility index (Phi) is 4.26. The lowest BCUT2D eigenvalue weighted by molar-refractivity contribution is 0.0358. The summed E-state index contributed by atoms with van der Waals surface area (Å²) < 4.78 is 6.00. The fourth-order valence-corrected chi connectivity index (χ4v) is 3.68. The number of piperidine rings is 1. The molecule has 22 heavy (non-hydrogen) atoms. The van der Waals surface area contributed by atoms with Crippen LogP contribution >= 0.6 is 11.5 Å². The van der Waals surface area contributed by atoms with Crippen LogP contribution < -0.4 is 0 Å².